The van der Waals surface area contributed by atoms with Crippen LogP contribution < -0.4 is 4.90 Å². The summed E-state index contributed by atoms with van der Waals surface area (Å²) in [6.45, 7) is 5.90. The number of hydrogen-bond acceptors (Lipinski definition) is 8. The first-order valence-electron chi connectivity index (χ1n) is 9.60. The van der Waals surface area contributed by atoms with Crippen LogP contribution in [0.25, 0.3) is 5.78 Å². The number of likely N-dealkylation sites (tertiary alicyclic amines) is 1. The average molecular weight is 405 g/mol. The minimum Gasteiger partial charge on any atom is -0.483 e. The lowest BCUT2D eigenvalue weighted by Gasteiger charge is -2.40. The van der Waals surface area contributed by atoms with E-state index in [0.717, 1.165) is 31.1 Å². The molecule has 2 N–H and O–H groups in total. The summed E-state index contributed by atoms with van der Waals surface area (Å²) in [5.41, 5.74) is 0.896. The third-order valence-corrected chi connectivity index (χ3v) is 5.37. The van der Waals surface area contributed by atoms with Gasteiger partial charge in [0.15, 0.2) is 0 Å². The van der Waals surface area contributed by atoms with E-state index in [4.69, 9.17) is 9.90 Å². The largest absolute Gasteiger partial charge is 0.483 e. The Morgan fingerprint density at radius 2 is 1.93 bits per heavy atom. The van der Waals surface area contributed by atoms with E-state index in [1.807, 2.05) is 24.9 Å². The Labute approximate surface area is 168 Å². The zero-order valence-corrected chi connectivity index (χ0v) is 16.7. The van der Waals surface area contributed by atoms with Crippen LogP contribution in [0.3, 0.4) is 0 Å². The first-order chi connectivity index (χ1) is 13.9. The molecule has 4 rings (SSSR count). The topological polar surface area (TPSA) is 127 Å². The zero-order chi connectivity index (χ0) is 21.0. The third kappa shape index (κ3) is 4.62. The minimum atomic E-state index is -0.533. The maximum atomic E-state index is 12.9. The number of aliphatic hydroxyl groups excluding tert-OH is 1. The van der Waals surface area contributed by atoms with Crippen LogP contribution in [0.1, 0.15) is 12.1 Å². The van der Waals surface area contributed by atoms with Gasteiger partial charge in [-0.25, -0.2) is 4.98 Å². The summed E-state index contributed by atoms with van der Waals surface area (Å²) >= 11 is 0. The third-order valence-electron chi connectivity index (χ3n) is 5.37. The van der Waals surface area contributed by atoms with Gasteiger partial charge in [0.1, 0.15) is 12.1 Å². The number of carboxylic acid groups (broad SMARTS) is 1. The van der Waals surface area contributed by atoms with Gasteiger partial charge >= 0.3 is 0 Å². The molecule has 2 aliphatic heterocycles. The number of aryl methyl sites for hydroxylation is 1. The van der Waals surface area contributed by atoms with Crippen molar-refractivity contribution in [2.75, 3.05) is 51.2 Å². The highest BCUT2D eigenvalue weighted by Crippen LogP contribution is 2.22. The Bertz CT molecular complexity index is 850. The van der Waals surface area contributed by atoms with E-state index in [9.17, 15) is 9.90 Å². The highest BCUT2D eigenvalue weighted by molar-refractivity contribution is 5.80. The predicted molar refractivity (Wildman–Crippen MR) is 105 cm³/mol. The Morgan fingerprint density at radius 3 is 2.62 bits per heavy atom. The standard InChI is InChI=1S/C17H25N7O2.CH2O2/c1-12-9-15(24-17(20-12)18-11-19-24)22-5-7-23(8-6-22)16(26)13-10-21(2)4-3-14(13)25;2-1-3/h9,11,13-14,25H,3-8,10H2,1-2H3;1H,(H,2,3)/t13-,14+;/m1./s1. The molecule has 0 aliphatic carbocycles. The molecule has 11 heteroatoms. The molecule has 4 heterocycles. The fraction of sp³-hybridized carbons (Fsp3) is 0.611. The maximum absolute atomic E-state index is 12.9. The summed E-state index contributed by atoms with van der Waals surface area (Å²) < 4.78 is 1.74. The summed E-state index contributed by atoms with van der Waals surface area (Å²) in [5.74, 6) is 1.30. The number of aliphatic hydroxyl groups is 1. The first kappa shape index (κ1) is 20.9. The highest BCUT2D eigenvalue weighted by Gasteiger charge is 2.35. The molecule has 0 bridgehead atoms. The van der Waals surface area contributed by atoms with Gasteiger partial charge in [0.2, 0.25) is 5.91 Å². The lowest BCUT2D eigenvalue weighted by molar-refractivity contribution is -0.142. The fourth-order valence-electron chi connectivity index (χ4n) is 3.87. The molecule has 2 fully saturated rings. The Balaban J connectivity index is 0.000000755. The van der Waals surface area contributed by atoms with Crippen molar-refractivity contribution in [2.24, 2.45) is 5.92 Å². The number of carbonyl (C=O) groups excluding carboxylic acids is 1. The molecule has 0 aromatic carbocycles. The molecule has 2 aliphatic rings. The van der Waals surface area contributed by atoms with Crippen molar-refractivity contribution < 1.29 is 19.8 Å². The number of aromatic nitrogens is 4. The minimum absolute atomic E-state index is 0.0699. The van der Waals surface area contributed by atoms with Gasteiger partial charge in [-0.3, -0.25) is 9.59 Å². The van der Waals surface area contributed by atoms with Gasteiger partial charge < -0.3 is 24.9 Å². The number of piperidine rings is 1. The van der Waals surface area contributed by atoms with Gasteiger partial charge in [-0.1, -0.05) is 0 Å². The summed E-state index contributed by atoms with van der Waals surface area (Å²) in [7, 11) is 2.00. The van der Waals surface area contributed by atoms with Gasteiger partial charge in [0, 0.05) is 51.0 Å². The lowest BCUT2D eigenvalue weighted by atomic mass is 9.93. The number of amides is 1. The van der Waals surface area contributed by atoms with Crippen LogP contribution in [0.15, 0.2) is 12.4 Å². The molecule has 158 valence electrons. The van der Waals surface area contributed by atoms with E-state index < -0.39 is 6.10 Å². The van der Waals surface area contributed by atoms with Gasteiger partial charge in [-0.2, -0.15) is 14.6 Å². The number of anilines is 1. The Morgan fingerprint density at radius 1 is 1.24 bits per heavy atom. The van der Waals surface area contributed by atoms with Gasteiger partial charge in [0.25, 0.3) is 12.2 Å². The van der Waals surface area contributed by atoms with Crippen molar-refractivity contribution >= 4 is 24.0 Å². The lowest BCUT2D eigenvalue weighted by Crippen LogP contribution is -2.55. The van der Waals surface area contributed by atoms with Crippen molar-refractivity contribution in [3.63, 3.8) is 0 Å². The fourth-order valence-corrected chi connectivity index (χ4v) is 3.87. The molecular formula is C18H27N7O4. The summed E-state index contributed by atoms with van der Waals surface area (Å²) in [4.78, 5) is 36.0. The zero-order valence-electron chi connectivity index (χ0n) is 16.7. The van der Waals surface area contributed by atoms with Crippen LogP contribution in [0.2, 0.25) is 0 Å². The van der Waals surface area contributed by atoms with Crippen molar-refractivity contribution in [3.05, 3.63) is 18.1 Å². The van der Waals surface area contributed by atoms with Crippen LogP contribution in [0.4, 0.5) is 5.82 Å². The van der Waals surface area contributed by atoms with E-state index >= 15 is 0 Å². The quantitative estimate of drug-likeness (QED) is 0.611. The second kappa shape index (κ2) is 9.14. The normalized spacial score (nSPS) is 22.9. The van der Waals surface area contributed by atoms with Crippen LogP contribution in [-0.4, -0.2) is 104 Å². The summed E-state index contributed by atoms with van der Waals surface area (Å²) in [5, 5.41) is 21.4. The second-order valence-corrected chi connectivity index (χ2v) is 7.37. The SMILES string of the molecule is Cc1cc(N2CCN(C(=O)[C@@H]3CN(C)CC[C@@H]3O)CC2)n2ncnc2n1.O=CO. The average Bonchev–Trinajstić information content (AvgIpc) is 3.18. The molecule has 0 unspecified atom stereocenters. The molecular weight excluding hydrogens is 378 g/mol. The Kier molecular flexibility index (Phi) is 6.60. The van der Waals surface area contributed by atoms with Crippen molar-refractivity contribution in [1.29, 1.82) is 0 Å². The number of nitrogens with zero attached hydrogens (tertiary/aromatic N) is 7. The monoisotopic (exact) mass is 405 g/mol. The van der Waals surface area contributed by atoms with Crippen molar-refractivity contribution in [2.45, 2.75) is 19.4 Å². The molecule has 1 amide bonds. The molecule has 2 atom stereocenters. The van der Waals surface area contributed by atoms with E-state index in [-0.39, 0.29) is 18.3 Å². The molecule has 11 nitrogen and oxygen atoms in total. The second-order valence-electron chi connectivity index (χ2n) is 7.37. The predicted octanol–water partition coefficient (Wildman–Crippen LogP) is -0.905. The van der Waals surface area contributed by atoms with Crippen LogP contribution >= 0.6 is 0 Å². The van der Waals surface area contributed by atoms with E-state index in [2.05, 4.69) is 24.9 Å². The van der Waals surface area contributed by atoms with Crippen LogP contribution in [0.5, 0.6) is 0 Å². The van der Waals surface area contributed by atoms with Gasteiger partial charge in [-0.05, 0) is 20.4 Å². The molecule has 2 aromatic heterocycles. The number of piperazine rings is 1. The summed E-state index contributed by atoms with van der Waals surface area (Å²) in [6.07, 6.45) is 1.63. The molecule has 0 saturated carbocycles. The molecule has 0 spiro atoms. The van der Waals surface area contributed by atoms with E-state index in [0.29, 0.717) is 31.8 Å². The van der Waals surface area contributed by atoms with Crippen molar-refractivity contribution in [1.82, 2.24) is 29.4 Å². The van der Waals surface area contributed by atoms with Gasteiger partial charge in [-0.15, -0.1) is 0 Å². The molecule has 29 heavy (non-hydrogen) atoms. The van der Waals surface area contributed by atoms with E-state index in [1.54, 1.807) is 4.52 Å². The number of hydrogen-bond donors (Lipinski definition) is 2. The highest BCUT2D eigenvalue weighted by atomic mass is 16.3. The number of carbonyl (C=O) groups is 2. The Hall–Kier alpha value is -2.79. The van der Waals surface area contributed by atoms with E-state index in [1.165, 1.54) is 6.33 Å². The van der Waals surface area contributed by atoms with Crippen LogP contribution in [-0.2, 0) is 9.59 Å². The van der Waals surface area contributed by atoms with Crippen molar-refractivity contribution in [3.8, 4) is 0 Å². The van der Waals surface area contributed by atoms with Gasteiger partial charge in [0.05, 0.1) is 12.0 Å². The smallest absolute Gasteiger partial charge is 0.290 e. The molecule has 0 radical (unpaired) electrons. The number of fused-ring (bicyclic) bond motifs is 1. The molecule has 2 aromatic rings. The number of rotatable bonds is 2. The summed E-state index contributed by atoms with van der Waals surface area (Å²) in [6, 6.07) is 2.00. The molecule has 2 saturated heterocycles. The maximum Gasteiger partial charge on any atom is 0.290 e. The van der Waals surface area contributed by atoms with Crippen LogP contribution in [0, 0.1) is 12.8 Å². The first-order valence-corrected chi connectivity index (χ1v) is 9.60.